The molecule has 1 atom stereocenters. The van der Waals surface area contributed by atoms with E-state index in [1.54, 1.807) is 18.0 Å². The first-order chi connectivity index (χ1) is 8.74. The van der Waals surface area contributed by atoms with E-state index in [4.69, 9.17) is 4.74 Å². The van der Waals surface area contributed by atoms with Crippen molar-refractivity contribution in [2.75, 3.05) is 13.7 Å². The minimum absolute atomic E-state index is 0.0892. The number of nitrogens with zero attached hydrogens (tertiary/aromatic N) is 3. The van der Waals surface area contributed by atoms with Crippen molar-refractivity contribution in [1.82, 2.24) is 20.1 Å². The van der Waals surface area contributed by atoms with Gasteiger partial charge in [0.1, 0.15) is 5.75 Å². The van der Waals surface area contributed by atoms with Crippen molar-refractivity contribution in [2.45, 2.75) is 13.0 Å². The van der Waals surface area contributed by atoms with Gasteiger partial charge in [0.2, 0.25) is 0 Å². The highest BCUT2D eigenvalue weighted by molar-refractivity contribution is 5.32. The second-order valence-electron chi connectivity index (χ2n) is 4.10. The third-order valence-electron chi connectivity index (χ3n) is 2.77. The molecule has 18 heavy (non-hydrogen) atoms. The molecule has 5 nitrogen and oxygen atoms in total. The summed E-state index contributed by atoms with van der Waals surface area (Å²) in [7, 11) is 3.56. The maximum Gasteiger partial charge on any atom is 0.137 e. The van der Waals surface area contributed by atoms with Crippen LogP contribution in [0.2, 0.25) is 0 Å². The summed E-state index contributed by atoms with van der Waals surface area (Å²) in [6.45, 7) is 2.95. The van der Waals surface area contributed by atoms with E-state index < -0.39 is 0 Å². The van der Waals surface area contributed by atoms with E-state index in [0.717, 1.165) is 23.4 Å². The lowest BCUT2D eigenvalue weighted by Crippen LogP contribution is -2.21. The van der Waals surface area contributed by atoms with Crippen LogP contribution < -0.4 is 10.1 Å². The first-order valence-corrected chi connectivity index (χ1v) is 5.95. The summed E-state index contributed by atoms with van der Waals surface area (Å²) in [5.74, 6) is 0.763. The van der Waals surface area contributed by atoms with Gasteiger partial charge in [-0.3, -0.25) is 9.67 Å². The zero-order chi connectivity index (χ0) is 13.0. The number of pyridine rings is 1. The summed E-state index contributed by atoms with van der Waals surface area (Å²) in [6.07, 6.45) is 7.43. The van der Waals surface area contributed by atoms with Gasteiger partial charge in [-0.05, 0) is 18.2 Å². The first kappa shape index (κ1) is 12.6. The van der Waals surface area contributed by atoms with Crippen LogP contribution in [0.5, 0.6) is 5.75 Å². The van der Waals surface area contributed by atoms with Crippen LogP contribution in [0.4, 0.5) is 0 Å². The maximum atomic E-state index is 5.21. The molecule has 0 radical (unpaired) electrons. The molecular formula is C13H18N4O. The number of ether oxygens (including phenoxy) is 1. The fourth-order valence-corrected chi connectivity index (χ4v) is 1.93. The predicted octanol–water partition coefficient (Wildman–Crippen LogP) is 1.52. The van der Waals surface area contributed by atoms with Crippen LogP contribution >= 0.6 is 0 Å². The molecule has 0 saturated carbocycles. The smallest absolute Gasteiger partial charge is 0.137 e. The Balaban J connectivity index is 2.34. The second-order valence-corrected chi connectivity index (χ2v) is 4.10. The summed E-state index contributed by atoms with van der Waals surface area (Å²) in [5, 5.41) is 7.64. The normalized spacial score (nSPS) is 12.4. The van der Waals surface area contributed by atoms with E-state index in [1.807, 2.05) is 31.7 Å². The lowest BCUT2D eigenvalue weighted by molar-refractivity contribution is 0.411. The van der Waals surface area contributed by atoms with Crippen molar-refractivity contribution in [3.63, 3.8) is 0 Å². The van der Waals surface area contributed by atoms with Gasteiger partial charge in [0.15, 0.2) is 0 Å². The summed E-state index contributed by atoms with van der Waals surface area (Å²) in [6, 6.07) is 2.08. The molecule has 0 aromatic carbocycles. The third kappa shape index (κ3) is 2.68. The second kappa shape index (κ2) is 5.64. The van der Waals surface area contributed by atoms with Gasteiger partial charge in [0.25, 0.3) is 0 Å². The van der Waals surface area contributed by atoms with Crippen molar-refractivity contribution >= 4 is 0 Å². The number of methoxy groups -OCH3 is 1. The lowest BCUT2D eigenvalue weighted by Gasteiger charge is -2.17. The molecule has 2 aromatic rings. The number of aryl methyl sites for hydroxylation is 1. The van der Waals surface area contributed by atoms with Gasteiger partial charge in [-0.25, -0.2) is 0 Å². The molecular weight excluding hydrogens is 228 g/mol. The largest absolute Gasteiger partial charge is 0.495 e. The highest BCUT2D eigenvalue weighted by Gasteiger charge is 2.15. The minimum atomic E-state index is 0.0892. The Morgan fingerprint density at radius 2 is 2.17 bits per heavy atom. The molecule has 0 bridgehead atoms. The van der Waals surface area contributed by atoms with E-state index in [9.17, 15) is 0 Å². The number of rotatable bonds is 5. The Bertz CT molecular complexity index is 509. The number of hydrogen-bond donors (Lipinski definition) is 1. The van der Waals surface area contributed by atoms with E-state index in [2.05, 4.69) is 22.3 Å². The fraction of sp³-hybridized carbons (Fsp3) is 0.385. The monoisotopic (exact) mass is 246 g/mol. The summed E-state index contributed by atoms with van der Waals surface area (Å²) < 4.78 is 7.01. The van der Waals surface area contributed by atoms with Crippen LogP contribution in [0.25, 0.3) is 0 Å². The zero-order valence-corrected chi connectivity index (χ0v) is 10.9. The Labute approximate surface area is 107 Å². The van der Waals surface area contributed by atoms with Gasteiger partial charge >= 0.3 is 0 Å². The molecule has 2 aromatic heterocycles. The molecule has 2 rings (SSSR count). The van der Waals surface area contributed by atoms with E-state index in [1.165, 1.54) is 0 Å². The van der Waals surface area contributed by atoms with Crippen molar-refractivity contribution < 1.29 is 4.74 Å². The van der Waals surface area contributed by atoms with Gasteiger partial charge in [-0.2, -0.15) is 5.10 Å². The van der Waals surface area contributed by atoms with Gasteiger partial charge < -0.3 is 10.1 Å². The van der Waals surface area contributed by atoms with Crippen LogP contribution in [0.15, 0.2) is 30.9 Å². The maximum absolute atomic E-state index is 5.21. The molecule has 0 amide bonds. The molecule has 1 N–H and O–H groups in total. The van der Waals surface area contributed by atoms with E-state index in [0.29, 0.717) is 0 Å². The lowest BCUT2D eigenvalue weighted by atomic mass is 10.0. The molecule has 0 saturated heterocycles. The van der Waals surface area contributed by atoms with E-state index >= 15 is 0 Å². The number of hydrogen-bond acceptors (Lipinski definition) is 4. The molecule has 0 fully saturated rings. The van der Waals surface area contributed by atoms with Crippen LogP contribution in [0.3, 0.4) is 0 Å². The average molecular weight is 246 g/mol. The van der Waals surface area contributed by atoms with Crippen molar-refractivity contribution in [3.05, 3.63) is 42.0 Å². The topological polar surface area (TPSA) is 52.0 Å². The standard InChI is InChI=1S/C13H18N4O/c1-4-15-13(11-7-16-17(2)9-11)10-5-12(18-3)8-14-6-10/h5-9,13,15H,4H2,1-3H3. The predicted molar refractivity (Wildman–Crippen MR) is 69.5 cm³/mol. The summed E-state index contributed by atoms with van der Waals surface area (Å²) in [4.78, 5) is 4.20. The average Bonchev–Trinajstić information content (AvgIpc) is 2.82. The molecule has 1 unspecified atom stereocenters. The fourth-order valence-electron chi connectivity index (χ4n) is 1.93. The molecule has 0 aliphatic rings. The van der Waals surface area contributed by atoms with Crippen LogP contribution in [-0.4, -0.2) is 28.4 Å². The van der Waals surface area contributed by atoms with Crippen LogP contribution in [0, 0.1) is 0 Å². The van der Waals surface area contributed by atoms with Gasteiger partial charge in [-0.1, -0.05) is 6.92 Å². The molecule has 0 spiro atoms. The Morgan fingerprint density at radius 3 is 2.78 bits per heavy atom. The minimum Gasteiger partial charge on any atom is -0.495 e. The Morgan fingerprint density at radius 1 is 1.33 bits per heavy atom. The van der Waals surface area contributed by atoms with Gasteiger partial charge in [0.05, 0.1) is 25.5 Å². The highest BCUT2D eigenvalue weighted by atomic mass is 16.5. The van der Waals surface area contributed by atoms with Crippen LogP contribution in [-0.2, 0) is 7.05 Å². The van der Waals surface area contributed by atoms with Crippen LogP contribution in [0.1, 0.15) is 24.1 Å². The van der Waals surface area contributed by atoms with Crippen molar-refractivity contribution in [3.8, 4) is 5.75 Å². The first-order valence-electron chi connectivity index (χ1n) is 5.95. The van der Waals surface area contributed by atoms with Crippen molar-refractivity contribution in [2.24, 2.45) is 7.05 Å². The quantitative estimate of drug-likeness (QED) is 0.869. The van der Waals surface area contributed by atoms with Gasteiger partial charge in [0, 0.05) is 25.0 Å². The number of nitrogens with one attached hydrogen (secondary N) is 1. The summed E-state index contributed by atoms with van der Waals surface area (Å²) in [5.41, 5.74) is 2.19. The highest BCUT2D eigenvalue weighted by Crippen LogP contribution is 2.23. The third-order valence-corrected chi connectivity index (χ3v) is 2.77. The van der Waals surface area contributed by atoms with E-state index in [-0.39, 0.29) is 6.04 Å². The Kier molecular flexibility index (Phi) is 3.94. The Hall–Kier alpha value is -1.88. The van der Waals surface area contributed by atoms with Gasteiger partial charge in [-0.15, -0.1) is 0 Å². The molecule has 2 heterocycles. The molecule has 0 aliphatic heterocycles. The number of aromatic nitrogens is 3. The molecule has 5 heteroatoms. The molecule has 96 valence electrons. The SMILES string of the molecule is CCNC(c1cncc(OC)c1)c1cnn(C)c1. The zero-order valence-electron chi connectivity index (χ0n) is 10.9. The van der Waals surface area contributed by atoms with Crippen molar-refractivity contribution in [1.29, 1.82) is 0 Å². The summed E-state index contributed by atoms with van der Waals surface area (Å²) >= 11 is 0. The molecule has 0 aliphatic carbocycles.